The molecule has 0 aromatic heterocycles. The first kappa shape index (κ1) is 16.8. The molecule has 1 aromatic rings. The van der Waals surface area contributed by atoms with Crippen molar-refractivity contribution in [3.63, 3.8) is 0 Å². The normalized spacial score (nSPS) is 22.5. The molecule has 2 rings (SSSR count). The summed E-state index contributed by atoms with van der Waals surface area (Å²) >= 11 is 0. The number of primary amides is 1. The molecule has 0 spiro atoms. The van der Waals surface area contributed by atoms with Gasteiger partial charge in [-0.1, -0.05) is 12.1 Å². The monoisotopic (exact) mass is 306 g/mol. The minimum absolute atomic E-state index is 0.103. The zero-order valence-electron chi connectivity index (χ0n) is 13.8. The van der Waals surface area contributed by atoms with Gasteiger partial charge in [0.05, 0.1) is 11.2 Å². The van der Waals surface area contributed by atoms with Gasteiger partial charge in [0.25, 0.3) is 5.91 Å². The fourth-order valence-electron chi connectivity index (χ4n) is 3.02. The van der Waals surface area contributed by atoms with E-state index < -0.39 is 5.91 Å². The molecular formula is C17H26N2O3. The maximum atomic E-state index is 10.8. The fraction of sp³-hybridized carbons (Fsp3) is 0.588. The summed E-state index contributed by atoms with van der Waals surface area (Å²) in [5, 5.41) is 3.56. The van der Waals surface area contributed by atoms with E-state index in [4.69, 9.17) is 15.2 Å². The highest BCUT2D eigenvalue weighted by Gasteiger charge is 2.45. The maximum absolute atomic E-state index is 10.8. The zero-order chi connectivity index (χ0) is 16.4. The first-order valence-corrected chi connectivity index (χ1v) is 7.62. The Hall–Kier alpha value is -1.59. The molecule has 122 valence electrons. The standard InChI is InChI=1S/C17H26N2O3/c1-16(2)9-14(17(3,4)22-16)19-10-12-6-5-7-13(8-12)21-11-15(18)20/h5-8,14,19H,9-11H2,1-4H3,(H2,18,20). The first-order valence-electron chi connectivity index (χ1n) is 7.62. The van der Waals surface area contributed by atoms with Crippen LogP contribution in [0.2, 0.25) is 0 Å². The molecule has 1 saturated heterocycles. The lowest BCUT2D eigenvalue weighted by Crippen LogP contribution is -2.42. The van der Waals surface area contributed by atoms with Crippen molar-refractivity contribution in [2.24, 2.45) is 5.73 Å². The quantitative estimate of drug-likeness (QED) is 0.843. The van der Waals surface area contributed by atoms with E-state index in [1.165, 1.54) is 0 Å². The molecule has 1 aromatic carbocycles. The Morgan fingerprint density at radius 1 is 1.41 bits per heavy atom. The van der Waals surface area contributed by atoms with Gasteiger partial charge in [-0.05, 0) is 51.8 Å². The molecule has 0 saturated carbocycles. The Labute approximate surface area is 132 Å². The van der Waals surface area contributed by atoms with Crippen LogP contribution in [-0.2, 0) is 16.1 Å². The minimum Gasteiger partial charge on any atom is -0.484 e. The van der Waals surface area contributed by atoms with Gasteiger partial charge in [0.1, 0.15) is 5.75 Å². The number of rotatable bonds is 6. The van der Waals surface area contributed by atoms with Crippen molar-refractivity contribution >= 4 is 5.91 Å². The van der Waals surface area contributed by atoms with Crippen LogP contribution in [0.5, 0.6) is 5.75 Å². The fourth-order valence-corrected chi connectivity index (χ4v) is 3.02. The average Bonchev–Trinajstić information content (AvgIpc) is 2.62. The molecule has 5 nitrogen and oxygen atoms in total. The lowest BCUT2D eigenvalue weighted by molar-refractivity contribution is -0.119. The Kier molecular flexibility index (Phi) is 4.78. The maximum Gasteiger partial charge on any atom is 0.255 e. The van der Waals surface area contributed by atoms with E-state index in [1.807, 2.05) is 24.3 Å². The average molecular weight is 306 g/mol. The minimum atomic E-state index is -0.476. The van der Waals surface area contributed by atoms with E-state index in [2.05, 4.69) is 33.0 Å². The third kappa shape index (κ3) is 4.45. The number of nitrogens with two attached hydrogens (primary N) is 1. The van der Waals surface area contributed by atoms with Crippen LogP contribution in [0, 0.1) is 0 Å². The molecule has 0 bridgehead atoms. The first-order chi connectivity index (χ1) is 10.2. The number of hydrogen-bond acceptors (Lipinski definition) is 4. The lowest BCUT2D eigenvalue weighted by Gasteiger charge is -2.28. The van der Waals surface area contributed by atoms with Crippen LogP contribution in [0.25, 0.3) is 0 Å². The van der Waals surface area contributed by atoms with Crippen LogP contribution in [-0.4, -0.2) is 29.8 Å². The van der Waals surface area contributed by atoms with E-state index in [-0.39, 0.29) is 23.9 Å². The topological polar surface area (TPSA) is 73.6 Å². The molecule has 1 aliphatic rings. The van der Waals surface area contributed by atoms with E-state index >= 15 is 0 Å². The number of hydrogen-bond donors (Lipinski definition) is 2. The van der Waals surface area contributed by atoms with Gasteiger partial charge in [-0.3, -0.25) is 4.79 Å². The van der Waals surface area contributed by atoms with Crippen LogP contribution in [0.4, 0.5) is 0 Å². The second-order valence-electron chi connectivity index (χ2n) is 7.01. The summed E-state index contributed by atoms with van der Waals surface area (Å²) in [6.45, 7) is 9.09. The van der Waals surface area contributed by atoms with Gasteiger partial charge < -0.3 is 20.5 Å². The second-order valence-corrected chi connectivity index (χ2v) is 7.01. The predicted molar refractivity (Wildman–Crippen MR) is 85.6 cm³/mol. The van der Waals surface area contributed by atoms with Crippen LogP contribution < -0.4 is 15.8 Å². The van der Waals surface area contributed by atoms with Crippen molar-refractivity contribution in [2.75, 3.05) is 6.61 Å². The van der Waals surface area contributed by atoms with Crippen LogP contribution >= 0.6 is 0 Å². The molecule has 1 fully saturated rings. The lowest BCUT2D eigenvalue weighted by atomic mass is 9.94. The van der Waals surface area contributed by atoms with Crippen molar-refractivity contribution < 1.29 is 14.3 Å². The van der Waals surface area contributed by atoms with Crippen molar-refractivity contribution in [2.45, 2.75) is 57.9 Å². The highest BCUT2D eigenvalue weighted by molar-refractivity contribution is 5.75. The molecule has 0 aliphatic carbocycles. The summed E-state index contributed by atoms with van der Waals surface area (Å²) in [5.74, 6) is 0.177. The highest BCUT2D eigenvalue weighted by Crippen LogP contribution is 2.37. The largest absolute Gasteiger partial charge is 0.484 e. The number of nitrogens with one attached hydrogen (secondary N) is 1. The number of carbonyl (C=O) groups is 1. The van der Waals surface area contributed by atoms with Crippen LogP contribution in [0.15, 0.2) is 24.3 Å². The number of benzene rings is 1. The molecule has 22 heavy (non-hydrogen) atoms. The summed E-state index contributed by atoms with van der Waals surface area (Å²) in [6, 6.07) is 7.96. The Balaban J connectivity index is 1.94. The smallest absolute Gasteiger partial charge is 0.255 e. The zero-order valence-corrected chi connectivity index (χ0v) is 13.8. The van der Waals surface area contributed by atoms with Gasteiger partial charge >= 0.3 is 0 Å². The van der Waals surface area contributed by atoms with E-state index in [9.17, 15) is 4.79 Å². The van der Waals surface area contributed by atoms with Gasteiger partial charge in [-0.25, -0.2) is 0 Å². The van der Waals surface area contributed by atoms with Crippen LogP contribution in [0.3, 0.4) is 0 Å². The van der Waals surface area contributed by atoms with Crippen molar-refractivity contribution in [1.82, 2.24) is 5.32 Å². The van der Waals surface area contributed by atoms with Crippen molar-refractivity contribution in [3.05, 3.63) is 29.8 Å². The summed E-state index contributed by atoms with van der Waals surface area (Å²) < 4.78 is 11.4. The Morgan fingerprint density at radius 2 is 2.14 bits per heavy atom. The second kappa shape index (κ2) is 6.26. The summed E-state index contributed by atoms with van der Waals surface area (Å²) in [4.78, 5) is 10.8. The molecule has 1 atom stereocenters. The molecule has 0 radical (unpaired) electrons. The number of carbonyl (C=O) groups excluding carboxylic acids is 1. The molecule has 5 heteroatoms. The molecule has 1 aliphatic heterocycles. The number of amides is 1. The molecule has 1 unspecified atom stereocenters. The summed E-state index contributed by atoms with van der Waals surface area (Å²) in [5.41, 5.74) is 5.89. The molecular weight excluding hydrogens is 280 g/mol. The van der Waals surface area contributed by atoms with Gasteiger partial charge in [0, 0.05) is 12.6 Å². The SMILES string of the molecule is CC1(C)CC(NCc2cccc(OCC(N)=O)c2)C(C)(C)O1. The van der Waals surface area contributed by atoms with Crippen molar-refractivity contribution in [3.8, 4) is 5.75 Å². The Morgan fingerprint density at radius 3 is 2.73 bits per heavy atom. The van der Waals surface area contributed by atoms with Gasteiger partial charge in [0.2, 0.25) is 0 Å². The van der Waals surface area contributed by atoms with E-state index in [0.29, 0.717) is 5.75 Å². The predicted octanol–water partition coefficient (Wildman–Crippen LogP) is 1.99. The molecule has 1 heterocycles. The van der Waals surface area contributed by atoms with Crippen molar-refractivity contribution in [1.29, 1.82) is 0 Å². The third-order valence-electron chi connectivity index (χ3n) is 3.91. The highest BCUT2D eigenvalue weighted by atomic mass is 16.5. The van der Waals surface area contributed by atoms with E-state index in [1.54, 1.807) is 0 Å². The summed E-state index contributed by atoms with van der Waals surface area (Å²) in [6.07, 6.45) is 0.970. The third-order valence-corrected chi connectivity index (χ3v) is 3.91. The summed E-state index contributed by atoms with van der Waals surface area (Å²) in [7, 11) is 0. The Bertz CT molecular complexity index is 540. The van der Waals surface area contributed by atoms with Gasteiger partial charge in [-0.15, -0.1) is 0 Å². The molecule has 1 amide bonds. The molecule has 3 N–H and O–H groups in total. The van der Waals surface area contributed by atoms with Crippen LogP contribution in [0.1, 0.15) is 39.7 Å². The van der Waals surface area contributed by atoms with Gasteiger partial charge in [-0.2, -0.15) is 0 Å². The van der Waals surface area contributed by atoms with Gasteiger partial charge in [0.15, 0.2) is 6.61 Å². The van der Waals surface area contributed by atoms with E-state index in [0.717, 1.165) is 18.5 Å². The number of ether oxygens (including phenoxy) is 2.